The molecule has 2 nitrogen and oxygen atoms in total. The van der Waals surface area contributed by atoms with E-state index in [0.29, 0.717) is 0 Å². The minimum Gasteiger partial charge on any atom is -0.354 e. The molecule has 1 N–H and O–H groups in total. The SMILES string of the molecule is Cc1ccc2c(c1)c1cc(C)ccc1n2-c1ccccc1Nc1ccccc1. The van der Waals surface area contributed by atoms with Crippen LogP contribution >= 0.6 is 0 Å². The summed E-state index contributed by atoms with van der Waals surface area (Å²) in [6.07, 6.45) is 0. The minimum atomic E-state index is 1.09. The first-order valence-electron chi connectivity index (χ1n) is 9.63. The average Bonchev–Trinajstić information content (AvgIpc) is 3.02. The van der Waals surface area contributed by atoms with Gasteiger partial charge in [-0.3, -0.25) is 0 Å². The Kier molecular flexibility index (Phi) is 3.91. The van der Waals surface area contributed by atoms with Crippen molar-refractivity contribution in [1.82, 2.24) is 4.57 Å². The molecule has 0 saturated heterocycles. The van der Waals surface area contributed by atoms with Gasteiger partial charge in [0.1, 0.15) is 0 Å². The predicted octanol–water partition coefficient (Wildman–Crippen LogP) is 7.14. The molecule has 5 rings (SSSR count). The topological polar surface area (TPSA) is 17.0 Å². The summed E-state index contributed by atoms with van der Waals surface area (Å²) in [6, 6.07) is 32.3. The quantitative estimate of drug-likeness (QED) is 0.361. The van der Waals surface area contributed by atoms with Crippen molar-refractivity contribution in [2.75, 3.05) is 5.32 Å². The molecule has 0 saturated carbocycles. The van der Waals surface area contributed by atoms with Gasteiger partial charge in [0.2, 0.25) is 0 Å². The largest absolute Gasteiger partial charge is 0.354 e. The van der Waals surface area contributed by atoms with E-state index in [2.05, 4.69) is 109 Å². The van der Waals surface area contributed by atoms with Crippen LogP contribution in [0.1, 0.15) is 11.1 Å². The van der Waals surface area contributed by atoms with Gasteiger partial charge in [-0.2, -0.15) is 0 Å². The summed E-state index contributed by atoms with van der Waals surface area (Å²) in [6.45, 7) is 4.31. The van der Waals surface area contributed by atoms with Crippen LogP contribution in [0.5, 0.6) is 0 Å². The lowest BCUT2D eigenvalue weighted by molar-refractivity contribution is 1.18. The third-order valence-corrected chi connectivity index (χ3v) is 5.27. The fourth-order valence-electron chi connectivity index (χ4n) is 3.96. The molecule has 0 spiro atoms. The standard InChI is InChI=1S/C26H22N2/c1-18-12-14-24-21(16-18)22-17-19(2)13-15-25(22)28(24)26-11-7-6-10-23(26)27-20-8-4-3-5-9-20/h3-17,27H,1-2H3. The van der Waals surface area contributed by atoms with Gasteiger partial charge < -0.3 is 9.88 Å². The predicted molar refractivity (Wildman–Crippen MR) is 120 cm³/mol. The van der Waals surface area contributed by atoms with E-state index in [4.69, 9.17) is 0 Å². The zero-order chi connectivity index (χ0) is 19.1. The summed E-state index contributed by atoms with van der Waals surface area (Å²) >= 11 is 0. The van der Waals surface area contributed by atoms with Gasteiger partial charge >= 0.3 is 0 Å². The summed E-state index contributed by atoms with van der Waals surface area (Å²) in [5.74, 6) is 0. The van der Waals surface area contributed by atoms with Gasteiger partial charge in [0.25, 0.3) is 0 Å². The lowest BCUT2D eigenvalue weighted by atomic mass is 10.1. The molecule has 4 aromatic carbocycles. The number of hydrogen-bond acceptors (Lipinski definition) is 1. The zero-order valence-corrected chi connectivity index (χ0v) is 16.1. The highest BCUT2D eigenvalue weighted by atomic mass is 15.0. The van der Waals surface area contributed by atoms with Gasteiger partial charge in [-0.05, 0) is 62.4 Å². The van der Waals surface area contributed by atoms with Gasteiger partial charge in [-0.25, -0.2) is 0 Å². The summed E-state index contributed by atoms with van der Waals surface area (Å²) < 4.78 is 2.37. The van der Waals surface area contributed by atoms with Gasteiger partial charge in [0.15, 0.2) is 0 Å². The normalized spacial score (nSPS) is 11.2. The van der Waals surface area contributed by atoms with Crippen LogP contribution in [0.4, 0.5) is 11.4 Å². The van der Waals surface area contributed by atoms with Crippen LogP contribution in [0.2, 0.25) is 0 Å². The molecule has 0 bridgehead atoms. The average molecular weight is 362 g/mol. The molecule has 0 amide bonds. The molecule has 0 aliphatic rings. The Bertz CT molecular complexity index is 1240. The van der Waals surface area contributed by atoms with Gasteiger partial charge in [-0.15, -0.1) is 0 Å². The van der Waals surface area contributed by atoms with Crippen LogP contribution in [0.15, 0.2) is 91.0 Å². The molecule has 0 atom stereocenters. The van der Waals surface area contributed by atoms with Gasteiger partial charge in [0.05, 0.1) is 22.4 Å². The van der Waals surface area contributed by atoms with Crippen molar-refractivity contribution in [3.63, 3.8) is 0 Å². The van der Waals surface area contributed by atoms with E-state index in [1.165, 1.54) is 32.9 Å². The zero-order valence-electron chi connectivity index (χ0n) is 16.1. The van der Waals surface area contributed by atoms with Crippen molar-refractivity contribution in [1.29, 1.82) is 0 Å². The number of nitrogens with zero attached hydrogens (tertiary/aromatic N) is 1. The van der Waals surface area contributed by atoms with Crippen LogP contribution in [-0.4, -0.2) is 4.57 Å². The van der Waals surface area contributed by atoms with E-state index >= 15 is 0 Å². The van der Waals surface area contributed by atoms with Crippen molar-refractivity contribution in [3.8, 4) is 5.69 Å². The minimum absolute atomic E-state index is 1.09. The van der Waals surface area contributed by atoms with E-state index in [-0.39, 0.29) is 0 Å². The monoisotopic (exact) mass is 362 g/mol. The number of fused-ring (bicyclic) bond motifs is 3. The van der Waals surface area contributed by atoms with Gasteiger partial charge in [0, 0.05) is 16.5 Å². The Morgan fingerprint density at radius 1 is 0.607 bits per heavy atom. The van der Waals surface area contributed by atoms with Crippen LogP contribution in [0.3, 0.4) is 0 Å². The number of nitrogens with one attached hydrogen (secondary N) is 1. The highest BCUT2D eigenvalue weighted by Gasteiger charge is 2.15. The maximum absolute atomic E-state index is 3.59. The molecule has 28 heavy (non-hydrogen) atoms. The molecule has 5 aromatic rings. The molecular weight excluding hydrogens is 340 g/mol. The first-order chi connectivity index (χ1) is 13.7. The molecule has 0 radical (unpaired) electrons. The lowest BCUT2D eigenvalue weighted by Crippen LogP contribution is -2.00. The fraction of sp³-hybridized carbons (Fsp3) is 0.0769. The Hall–Kier alpha value is -3.52. The molecule has 1 aromatic heterocycles. The molecule has 0 unspecified atom stereocenters. The second kappa shape index (κ2) is 6.58. The molecule has 136 valence electrons. The number of para-hydroxylation sites is 3. The van der Waals surface area contributed by atoms with Crippen molar-refractivity contribution in [3.05, 3.63) is 102 Å². The fourth-order valence-corrected chi connectivity index (χ4v) is 3.96. The number of rotatable bonds is 3. The van der Waals surface area contributed by atoms with E-state index in [1.807, 2.05) is 6.07 Å². The van der Waals surface area contributed by atoms with E-state index in [0.717, 1.165) is 17.1 Å². The smallest absolute Gasteiger partial charge is 0.0697 e. The Balaban J connectivity index is 1.80. The van der Waals surface area contributed by atoms with Crippen molar-refractivity contribution in [2.45, 2.75) is 13.8 Å². The number of anilines is 2. The Morgan fingerprint density at radius 2 is 1.18 bits per heavy atom. The molecule has 0 aliphatic heterocycles. The van der Waals surface area contributed by atoms with E-state index in [1.54, 1.807) is 0 Å². The Morgan fingerprint density at radius 3 is 1.82 bits per heavy atom. The van der Waals surface area contributed by atoms with Crippen LogP contribution < -0.4 is 5.32 Å². The first kappa shape index (κ1) is 16.6. The molecule has 0 fully saturated rings. The number of aryl methyl sites for hydroxylation is 2. The van der Waals surface area contributed by atoms with Crippen molar-refractivity contribution < 1.29 is 0 Å². The van der Waals surface area contributed by atoms with Crippen LogP contribution in [-0.2, 0) is 0 Å². The molecule has 1 heterocycles. The summed E-state index contributed by atoms with van der Waals surface area (Å²) in [4.78, 5) is 0. The Labute approximate surface area is 165 Å². The first-order valence-corrected chi connectivity index (χ1v) is 9.63. The van der Waals surface area contributed by atoms with Crippen LogP contribution in [0.25, 0.3) is 27.5 Å². The maximum atomic E-state index is 3.59. The van der Waals surface area contributed by atoms with E-state index < -0.39 is 0 Å². The summed E-state index contributed by atoms with van der Waals surface area (Å²) in [7, 11) is 0. The third kappa shape index (κ3) is 2.74. The summed E-state index contributed by atoms with van der Waals surface area (Å²) in [5.41, 5.74) is 8.35. The maximum Gasteiger partial charge on any atom is 0.0697 e. The molecule has 0 aliphatic carbocycles. The second-order valence-electron chi connectivity index (χ2n) is 7.38. The van der Waals surface area contributed by atoms with Crippen molar-refractivity contribution >= 4 is 33.2 Å². The number of benzene rings is 4. The number of aromatic nitrogens is 1. The summed E-state index contributed by atoms with van der Waals surface area (Å²) in [5, 5.41) is 6.19. The van der Waals surface area contributed by atoms with Gasteiger partial charge in [-0.1, -0.05) is 53.6 Å². The second-order valence-corrected chi connectivity index (χ2v) is 7.38. The lowest BCUT2D eigenvalue weighted by Gasteiger charge is -2.15. The number of hydrogen-bond donors (Lipinski definition) is 1. The van der Waals surface area contributed by atoms with E-state index in [9.17, 15) is 0 Å². The van der Waals surface area contributed by atoms with Crippen LogP contribution in [0, 0.1) is 13.8 Å². The molecule has 2 heteroatoms. The molecular formula is C26H22N2. The highest BCUT2D eigenvalue weighted by molar-refractivity contribution is 6.10. The third-order valence-electron chi connectivity index (χ3n) is 5.27. The van der Waals surface area contributed by atoms with Crippen molar-refractivity contribution in [2.24, 2.45) is 0 Å². The highest BCUT2D eigenvalue weighted by Crippen LogP contribution is 2.36.